The quantitative estimate of drug-likeness (QED) is 0.462. The Morgan fingerprint density at radius 3 is 2.49 bits per heavy atom. The molecule has 4 rings (SSSR count). The van der Waals surface area contributed by atoms with Crippen LogP contribution < -0.4 is 9.64 Å². The van der Waals surface area contributed by atoms with Gasteiger partial charge in [0, 0.05) is 50.7 Å². The van der Waals surface area contributed by atoms with Crippen molar-refractivity contribution >= 4 is 17.6 Å². The molecule has 1 aliphatic carbocycles. The van der Waals surface area contributed by atoms with E-state index in [1.165, 1.54) is 0 Å². The van der Waals surface area contributed by atoms with Crippen LogP contribution in [0.4, 0.5) is 5.82 Å². The van der Waals surface area contributed by atoms with E-state index in [0.29, 0.717) is 26.2 Å². The molecule has 200 valence electrons. The Balaban J connectivity index is 1.34. The van der Waals surface area contributed by atoms with E-state index >= 15 is 0 Å². The number of hydrogen-bond donors (Lipinski definition) is 0. The molecule has 9 nitrogen and oxygen atoms in total. The van der Waals surface area contributed by atoms with Crippen LogP contribution in [-0.2, 0) is 9.59 Å². The SMILES string of the molecule is CCN(CC)CCN(CC(=O)N1CCCN(c2ccc(-c3cccc(OC)c3)nn2)CC1)C(=O)C1CC1. The molecule has 2 amide bonds. The molecule has 1 saturated carbocycles. The van der Waals surface area contributed by atoms with E-state index in [0.717, 1.165) is 68.3 Å². The highest BCUT2D eigenvalue weighted by molar-refractivity contribution is 5.87. The van der Waals surface area contributed by atoms with E-state index in [-0.39, 0.29) is 24.3 Å². The summed E-state index contributed by atoms with van der Waals surface area (Å²) in [6.07, 6.45) is 2.75. The number of amides is 2. The van der Waals surface area contributed by atoms with Crippen molar-refractivity contribution in [2.45, 2.75) is 33.1 Å². The second kappa shape index (κ2) is 12.9. The van der Waals surface area contributed by atoms with Crippen molar-refractivity contribution in [1.29, 1.82) is 0 Å². The minimum absolute atomic E-state index is 0.0369. The Morgan fingerprint density at radius 2 is 1.81 bits per heavy atom. The van der Waals surface area contributed by atoms with E-state index in [2.05, 4.69) is 33.8 Å². The predicted octanol–water partition coefficient (Wildman–Crippen LogP) is 2.77. The fourth-order valence-corrected chi connectivity index (χ4v) is 4.75. The van der Waals surface area contributed by atoms with E-state index in [1.54, 1.807) is 12.0 Å². The number of methoxy groups -OCH3 is 1. The van der Waals surface area contributed by atoms with E-state index in [9.17, 15) is 9.59 Å². The fraction of sp³-hybridized carbons (Fsp3) is 0.571. The normalized spacial score (nSPS) is 16.0. The summed E-state index contributed by atoms with van der Waals surface area (Å²) < 4.78 is 5.31. The number of hydrogen-bond acceptors (Lipinski definition) is 7. The first kappa shape index (κ1) is 26.9. The summed E-state index contributed by atoms with van der Waals surface area (Å²) in [7, 11) is 1.65. The summed E-state index contributed by atoms with van der Waals surface area (Å²) in [5.41, 5.74) is 1.75. The molecule has 2 aromatic rings. The van der Waals surface area contributed by atoms with Crippen molar-refractivity contribution < 1.29 is 14.3 Å². The molecule has 2 fully saturated rings. The predicted molar refractivity (Wildman–Crippen MR) is 145 cm³/mol. The Bertz CT molecular complexity index is 1040. The van der Waals surface area contributed by atoms with Crippen LogP contribution in [0.15, 0.2) is 36.4 Å². The van der Waals surface area contributed by atoms with Crippen molar-refractivity contribution in [3.63, 3.8) is 0 Å². The minimum atomic E-state index is 0.0369. The van der Waals surface area contributed by atoms with Gasteiger partial charge in [0.05, 0.1) is 19.3 Å². The van der Waals surface area contributed by atoms with Crippen LogP contribution in [0.5, 0.6) is 5.75 Å². The molecule has 0 radical (unpaired) electrons. The summed E-state index contributed by atoms with van der Waals surface area (Å²) in [6.45, 7) is 10.5. The molecule has 2 heterocycles. The molecule has 1 saturated heterocycles. The van der Waals surface area contributed by atoms with Crippen molar-refractivity contribution in [1.82, 2.24) is 24.9 Å². The Kier molecular flexibility index (Phi) is 9.33. The van der Waals surface area contributed by atoms with Gasteiger partial charge in [-0.05, 0) is 56.6 Å². The molecule has 0 atom stereocenters. The number of nitrogens with zero attached hydrogens (tertiary/aromatic N) is 6. The third-order valence-electron chi connectivity index (χ3n) is 7.33. The van der Waals surface area contributed by atoms with E-state index < -0.39 is 0 Å². The molecule has 1 aromatic heterocycles. The second-order valence-electron chi connectivity index (χ2n) is 9.79. The number of carbonyl (C=O) groups excluding carboxylic acids is 2. The van der Waals surface area contributed by atoms with Gasteiger partial charge in [-0.3, -0.25) is 9.59 Å². The molecule has 0 unspecified atom stereocenters. The molecule has 2 aliphatic rings. The molecule has 1 aromatic carbocycles. The number of benzene rings is 1. The molecule has 0 N–H and O–H groups in total. The van der Waals surface area contributed by atoms with Crippen LogP contribution in [0.2, 0.25) is 0 Å². The zero-order valence-corrected chi connectivity index (χ0v) is 22.4. The highest BCUT2D eigenvalue weighted by atomic mass is 16.5. The molecule has 37 heavy (non-hydrogen) atoms. The zero-order valence-electron chi connectivity index (χ0n) is 22.4. The monoisotopic (exact) mass is 508 g/mol. The average Bonchev–Trinajstić information content (AvgIpc) is 3.80. The third-order valence-corrected chi connectivity index (χ3v) is 7.33. The van der Waals surface area contributed by atoms with Crippen LogP contribution in [0.1, 0.15) is 33.1 Å². The Hall–Kier alpha value is -3.20. The van der Waals surface area contributed by atoms with Crippen molar-refractivity contribution in [3.05, 3.63) is 36.4 Å². The maximum atomic E-state index is 13.3. The molecule has 0 spiro atoms. The van der Waals surface area contributed by atoms with Crippen molar-refractivity contribution in [2.75, 3.05) is 70.9 Å². The van der Waals surface area contributed by atoms with Gasteiger partial charge in [0.15, 0.2) is 5.82 Å². The number of carbonyl (C=O) groups is 2. The third kappa shape index (κ3) is 7.19. The lowest BCUT2D eigenvalue weighted by molar-refractivity contribution is -0.141. The highest BCUT2D eigenvalue weighted by Gasteiger charge is 2.35. The topological polar surface area (TPSA) is 82.1 Å². The minimum Gasteiger partial charge on any atom is -0.497 e. The van der Waals surface area contributed by atoms with Gasteiger partial charge in [-0.2, -0.15) is 0 Å². The van der Waals surface area contributed by atoms with Gasteiger partial charge >= 0.3 is 0 Å². The first-order chi connectivity index (χ1) is 18.0. The van der Waals surface area contributed by atoms with Crippen LogP contribution in [-0.4, -0.2) is 103 Å². The van der Waals surface area contributed by atoms with Crippen molar-refractivity contribution in [2.24, 2.45) is 5.92 Å². The maximum Gasteiger partial charge on any atom is 0.242 e. The van der Waals surface area contributed by atoms with Gasteiger partial charge in [-0.25, -0.2) is 0 Å². The Labute approximate surface area is 220 Å². The van der Waals surface area contributed by atoms with E-state index in [4.69, 9.17) is 4.74 Å². The zero-order chi connectivity index (χ0) is 26.2. The van der Waals surface area contributed by atoms with Crippen LogP contribution >= 0.6 is 0 Å². The summed E-state index contributed by atoms with van der Waals surface area (Å²) in [5, 5.41) is 8.91. The van der Waals surface area contributed by atoms with Gasteiger partial charge < -0.3 is 24.3 Å². The molecular weight excluding hydrogens is 468 g/mol. The van der Waals surface area contributed by atoms with Gasteiger partial charge in [-0.15, -0.1) is 10.2 Å². The number of aromatic nitrogens is 2. The number of ether oxygens (including phenoxy) is 1. The standard InChI is InChI=1S/C28H40N6O3/c1-4-31(5-2)16-17-34(28(36)22-10-11-22)21-27(35)33-15-7-14-32(18-19-33)26-13-12-25(29-30-26)23-8-6-9-24(20-23)37-3/h6,8-9,12-13,20,22H,4-5,7,10-11,14-19,21H2,1-3H3. The first-order valence-electron chi connectivity index (χ1n) is 13.5. The lowest BCUT2D eigenvalue weighted by Crippen LogP contribution is -2.47. The van der Waals surface area contributed by atoms with Gasteiger partial charge in [0.25, 0.3) is 0 Å². The number of rotatable bonds is 11. The summed E-state index contributed by atoms with van der Waals surface area (Å²) in [5.74, 6) is 1.89. The summed E-state index contributed by atoms with van der Waals surface area (Å²) >= 11 is 0. The highest BCUT2D eigenvalue weighted by Crippen LogP contribution is 2.31. The van der Waals surface area contributed by atoms with Crippen LogP contribution in [0, 0.1) is 5.92 Å². The molecular formula is C28H40N6O3. The van der Waals surface area contributed by atoms with E-state index in [1.807, 2.05) is 41.3 Å². The molecule has 9 heteroatoms. The summed E-state index contributed by atoms with van der Waals surface area (Å²) in [6, 6.07) is 11.7. The fourth-order valence-electron chi connectivity index (χ4n) is 4.75. The number of likely N-dealkylation sites (N-methyl/N-ethyl adjacent to an activating group) is 1. The molecule has 0 bridgehead atoms. The average molecular weight is 509 g/mol. The molecule has 1 aliphatic heterocycles. The van der Waals surface area contributed by atoms with Gasteiger partial charge in [0.2, 0.25) is 11.8 Å². The lowest BCUT2D eigenvalue weighted by atomic mass is 10.1. The summed E-state index contributed by atoms with van der Waals surface area (Å²) in [4.78, 5) is 34.3. The van der Waals surface area contributed by atoms with Crippen LogP contribution in [0.3, 0.4) is 0 Å². The maximum absolute atomic E-state index is 13.3. The van der Waals surface area contributed by atoms with Crippen LogP contribution in [0.25, 0.3) is 11.3 Å². The second-order valence-corrected chi connectivity index (χ2v) is 9.79. The largest absolute Gasteiger partial charge is 0.497 e. The van der Waals surface area contributed by atoms with Crippen molar-refractivity contribution in [3.8, 4) is 17.0 Å². The lowest BCUT2D eigenvalue weighted by Gasteiger charge is -2.29. The number of anilines is 1. The smallest absolute Gasteiger partial charge is 0.242 e. The van der Waals surface area contributed by atoms with Gasteiger partial charge in [-0.1, -0.05) is 26.0 Å². The van der Waals surface area contributed by atoms with Gasteiger partial charge in [0.1, 0.15) is 5.75 Å². The Morgan fingerprint density at radius 1 is 1.00 bits per heavy atom. The first-order valence-corrected chi connectivity index (χ1v) is 13.5.